The van der Waals surface area contributed by atoms with Crippen molar-refractivity contribution >= 4 is 41.2 Å². The molecule has 8 nitrogen and oxygen atoms in total. The molecule has 164 valence electrons. The molecule has 0 bridgehead atoms. The molecular weight excluding hydrogens is 448 g/mol. The third-order valence-electron chi connectivity index (χ3n) is 4.77. The number of nitro benzene ring substituents is 1. The molecule has 1 heterocycles. The van der Waals surface area contributed by atoms with Crippen molar-refractivity contribution < 1.29 is 24.0 Å². The monoisotopic (exact) mass is 462 g/mol. The summed E-state index contributed by atoms with van der Waals surface area (Å²) >= 11 is 6.08. The zero-order valence-corrected chi connectivity index (χ0v) is 17.9. The van der Waals surface area contributed by atoms with E-state index in [1.807, 2.05) is 19.1 Å². The van der Waals surface area contributed by atoms with E-state index in [1.165, 1.54) is 18.2 Å². The molecule has 0 aliphatic carbocycles. The van der Waals surface area contributed by atoms with Gasteiger partial charge in [0.25, 0.3) is 5.69 Å². The van der Waals surface area contributed by atoms with E-state index < -0.39 is 16.9 Å². The van der Waals surface area contributed by atoms with Gasteiger partial charge >= 0.3 is 11.9 Å². The Balaban J connectivity index is 1.51. The second kappa shape index (κ2) is 9.05. The van der Waals surface area contributed by atoms with Gasteiger partial charge in [0, 0.05) is 12.1 Å². The van der Waals surface area contributed by atoms with E-state index in [-0.39, 0.29) is 27.9 Å². The maximum Gasteiger partial charge on any atom is 0.363 e. The Morgan fingerprint density at radius 3 is 2.52 bits per heavy atom. The van der Waals surface area contributed by atoms with Crippen LogP contribution in [0.3, 0.4) is 0 Å². The molecule has 0 amide bonds. The minimum absolute atomic E-state index is 0.0316. The van der Waals surface area contributed by atoms with Crippen LogP contribution < -0.4 is 4.74 Å². The number of ether oxygens (including phenoxy) is 2. The zero-order valence-electron chi connectivity index (χ0n) is 17.2. The Morgan fingerprint density at radius 1 is 1.12 bits per heavy atom. The molecule has 1 aliphatic rings. The Kier molecular flexibility index (Phi) is 6.01. The number of cyclic esters (lactones) is 1. The Morgan fingerprint density at radius 2 is 1.85 bits per heavy atom. The molecule has 0 N–H and O–H groups in total. The van der Waals surface area contributed by atoms with Gasteiger partial charge in [0.15, 0.2) is 5.70 Å². The minimum Gasteiger partial charge on any atom is -0.423 e. The number of benzene rings is 3. The first-order valence-corrected chi connectivity index (χ1v) is 10.0. The number of carbonyl (C=O) groups is 2. The van der Waals surface area contributed by atoms with Gasteiger partial charge in [0.2, 0.25) is 5.90 Å². The van der Waals surface area contributed by atoms with Crippen molar-refractivity contribution in [2.75, 3.05) is 0 Å². The van der Waals surface area contributed by atoms with Gasteiger partial charge in [-0.25, -0.2) is 14.6 Å². The highest BCUT2D eigenvalue weighted by atomic mass is 35.5. The minimum atomic E-state index is -0.686. The lowest BCUT2D eigenvalue weighted by Crippen LogP contribution is -2.09. The van der Waals surface area contributed by atoms with Crippen LogP contribution in [0.1, 0.15) is 27.0 Å². The highest BCUT2D eigenvalue weighted by Gasteiger charge is 2.26. The van der Waals surface area contributed by atoms with Crippen LogP contribution in [-0.4, -0.2) is 22.8 Å². The maximum atomic E-state index is 12.3. The standard InChI is InChI=1S/C24H15ClN2O6/c1-14-4-2-3-5-18(14)23(28)32-17-9-6-15(7-10-17)12-21-24(29)33-22(26-21)19-11-8-16(27(30)31)13-20(19)25/h2-13H,1H3/b21-12-. The molecule has 0 saturated heterocycles. The zero-order chi connectivity index (χ0) is 23.5. The number of carbonyl (C=O) groups excluding carboxylic acids is 2. The summed E-state index contributed by atoms with van der Waals surface area (Å²) < 4.78 is 10.6. The molecular formula is C24H15ClN2O6. The number of esters is 2. The topological polar surface area (TPSA) is 108 Å². The van der Waals surface area contributed by atoms with E-state index in [0.29, 0.717) is 16.9 Å². The molecule has 9 heteroatoms. The summed E-state index contributed by atoms with van der Waals surface area (Å²) in [7, 11) is 0. The van der Waals surface area contributed by atoms with Gasteiger partial charge in [-0.05, 0) is 48.4 Å². The van der Waals surface area contributed by atoms with E-state index in [0.717, 1.165) is 11.6 Å². The van der Waals surface area contributed by atoms with Gasteiger partial charge in [-0.3, -0.25) is 10.1 Å². The van der Waals surface area contributed by atoms with E-state index in [2.05, 4.69) is 4.99 Å². The van der Waals surface area contributed by atoms with Crippen LogP contribution in [0.25, 0.3) is 6.08 Å². The van der Waals surface area contributed by atoms with Crippen LogP contribution in [0.4, 0.5) is 5.69 Å². The lowest BCUT2D eigenvalue weighted by atomic mass is 10.1. The van der Waals surface area contributed by atoms with Crippen molar-refractivity contribution in [1.29, 1.82) is 0 Å². The van der Waals surface area contributed by atoms with Gasteiger partial charge in [0.05, 0.1) is 21.1 Å². The lowest BCUT2D eigenvalue weighted by Gasteiger charge is -2.06. The van der Waals surface area contributed by atoms with Crippen molar-refractivity contribution in [3.05, 3.63) is 110 Å². The molecule has 0 unspecified atom stereocenters. The van der Waals surface area contributed by atoms with Gasteiger partial charge in [-0.2, -0.15) is 0 Å². The average Bonchev–Trinajstić information content (AvgIpc) is 3.15. The van der Waals surface area contributed by atoms with Crippen molar-refractivity contribution in [2.45, 2.75) is 6.92 Å². The van der Waals surface area contributed by atoms with Crippen molar-refractivity contribution in [3.63, 3.8) is 0 Å². The van der Waals surface area contributed by atoms with Crippen molar-refractivity contribution in [1.82, 2.24) is 0 Å². The summed E-state index contributed by atoms with van der Waals surface area (Å²) in [4.78, 5) is 39.0. The van der Waals surface area contributed by atoms with Gasteiger partial charge in [-0.1, -0.05) is 41.9 Å². The highest BCUT2D eigenvalue weighted by Crippen LogP contribution is 2.27. The fourth-order valence-corrected chi connectivity index (χ4v) is 3.32. The van der Waals surface area contributed by atoms with Crippen LogP contribution in [0, 0.1) is 17.0 Å². The molecule has 0 fully saturated rings. The van der Waals surface area contributed by atoms with E-state index >= 15 is 0 Å². The molecule has 4 rings (SSSR count). The van der Waals surface area contributed by atoms with Crippen LogP contribution in [0.5, 0.6) is 5.75 Å². The van der Waals surface area contributed by atoms with Crippen LogP contribution in [-0.2, 0) is 9.53 Å². The fourth-order valence-electron chi connectivity index (χ4n) is 3.07. The highest BCUT2D eigenvalue weighted by molar-refractivity contribution is 6.34. The number of aryl methyl sites for hydroxylation is 1. The molecule has 3 aromatic carbocycles. The van der Waals surface area contributed by atoms with E-state index in [4.69, 9.17) is 21.1 Å². The largest absolute Gasteiger partial charge is 0.423 e. The van der Waals surface area contributed by atoms with Crippen molar-refractivity contribution in [3.8, 4) is 5.75 Å². The SMILES string of the molecule is Cc1ccccc1C(=O)Oc1ccc(/C=C2\N=C(c3ccc([N+](=O)[O-])cc3Cl)OC2=O)cc1. The smallest absolute Gasteiger partial charge is 0.363 e. The summed E-state index contributed by atoms with van der Waals surface area (Å²) in [6.07, 6.45) is 1.50. The average molecular weight is 463 g/mol. The molecule has 0 atom stereocenters. The molecule has 0 radical (unpaired) electrons. The number of rotatable bonds is 5. The number of aliphatic imine (C=N–C) groups is 1. The number of hydrogen-bond acceptors (Lipinski definition) is 7. The van der Waals surface area contributed by atoms with Crippen LogP contribution >= 0.6 is 11.6 Å². The fraction of sp³-hybridized carbons (Fsp3) is 0.0417. The third-order valence-corrected chi connectivity index (χ3v) is 5.09. The molecule has 1 aliphatic heterocycles. The predicted octanol–water partition coefficient (Wildman–Crippen LogP) is 5.12. The van der Waals surface area contributed by atoms with Crippen molar-refractivity contribution in [2.24, 2.45) is 4.99 Å². The predicted molar refractivity (Wildman–Crippen MR) is 121 cm³/mol. The molecule has 0 spiro atoms. The van der Waals surface area contributed by atoms with Gasteiger partial charge < -0.3 is 9.47 Å². The molecule has 3 aromatic rings. The summed E-state index contributed by atoms with van der Waals surface area (Å²) in [5.41, 5.74) is 2.02. The quantitative estimate of drug-likeness (QED) is 0.171. The molecule has 33 heavy (non-hydrogen) atoms. The molecule has 0 saturated carbocycles. The summed E-state index contributed by atoms with van der Waals surface area (Å²) in [6, 6.07) is 17.4. The Labute approximate surface area is 192 Å². The molecule has 0 aromatic heterocycles. The third kappa shape index (κ3) is 4.81. The number of nitrogens with zero attached hydrogens (tertiary/aromatic N) is 2. The maximum absolute atomic E-state index is 12.3. The van der Waals surface area contributed by atoms with Gasteiger partial charge in [0.1, 0.15) is 5.75 Å². The first kappa shape index (κ1) is 21.9. The number of hydrogen-bond donors (Lipinski definition) is 0. The Bertz CT molecular complexity index is 1350. The number of nitro groups is 1. The van der Waals surface area contributed by atoms with E-state index in [1.54, 1.807) is 36.4 Å². The van der Waals surface area contributed by atoms with Crippen LogP contribution in [0.2, 0.25) is 5.02 Å². The van der Waals surface area contributed by atoms with E-state index in [9.17, 15) is 19.7 Å². The number of halogens is 1. The summed E-state index contributed by atoms with van der Waals surface area (Å²) in [5, 5.41) is 10.9. The van der Waals surface area contributed by atoms with Crippen LogP contribution in [0.15, 0.2) is 77.4 Å². The summed E-state index contributed by atoms with van der Waals surface area (Å²) in [5.74, 6) is -0.849. The first-order valence-electron chi connectivity index (χ1n) is 9.66. The summed E-state index contributed by atoms with van der Waals surface area (Å²) in [6.45, 7) is 1.82. The normalized spacial score (nSPS) is 14.1. The van der Waals surface area contributed by atoms with Gasteiger partial charge in [-0.15, -0.1) is 0 Å². The first-order chi connectivity index (χ1) is 15.8. The second-order valence-electron chi connectivity index (χ2n) is 7.03. The lowest BCUT2D eigenvalue weighted by molar-refractivity contribution is -0.384. The Hall–Kier alpha value is -4.30. The number of non-ortho nitro benzene ring substituents is 1. The second-order valence-corrected chi connectivity index (χ2v) is 7.44.